The molecule has 1 saturated heterocycles. The Kier molecular flexibility index (Phi) is 6.87. The van der Waals surface area contributed by atoms with E-state index in [1.54, 1.807) is 19.6 Å². The van der Waals surface area contributed by atoms with Crippen molar-refractivity contribution in [2.75, 3.05) is 26.7 Å². The van der Waals surface area contributed by atoms with Gasteiger partial charge in [0.15, 0.2) is 5.96 Å². The number of guanidine groups is 1. The molecular weight excluding hydrogens is 373 g/mol. The fourth-order valence-electron chi connectivity index (χ4n) is 2.66. The number of aromatic nitrogens is 2. The van der Waals surface area contributed by atoms with E-state index in [1.807, 2.05) is 10.8 Å². The summed E-state index contributed by atoms with van der Waals surface area (Å²) in [5, 5.41) is 6.27. The molecule has 1 aliphatic heterocycles. The Balaban J connectivity index is 1.73. The minimum absolute atomic E-state index is 0.130. The number of rotatable bonds is 6. The molecule has 12 heteroatoms. The van der Waals surface area contributed by atoms with Crippen molar-refractivity contribution in [2.24, 2.45) is 4.99 Å². The Morgan fingerprint density at radius 1 is 1.35 bits per heavy atom. The van der Waals surface area contributed by atoms with Crippen LogP contribution in [0.5, 0.6) is 0 Å². The minimum Gasteiger partial charge on any atom is -0.356 e. The molecule has 2 heterocycles. The first kappa shape index (κ1) is 20.5. The molecule has 8 nitrogen and oxygen atoms in total. The third-order valence-electron chi connectivity index (χ3n) is 4.10. The Bertz CT molecular complexity index is 682. The van der Waals surface area contributed by atoms with Crippen molar-refractivity contribution >= 4 is 16.0 Å². The first-order chi connectivity index (χ1) is 12.2. The SMILES string of the molecule is CN=C(NCCCn1ccnc1)NC1CCN(S(=O)(=O)C(F)(F)F)CC1. The standard InChI is InChI=1S/C14H23F3N6O2S/c1-18-13(20-5-2-7-22-10-6-19-11-22)21-12-3-8-23(9-4-12)26(24,25)14(15,16)17/h6,10-12H,2-5,7-9H2,1H3,(H2,18,20,21). The number of alkyl halides is 3. The van der Waals surface area contributed by atoms with Crippen molar-refractivity contribution in [3.8, 4) is 0 Å². The van der Waals surface area contributed by atoms with E-state index in [2.05, 4.69) is 20.6 Å². The van der Waals surface area contributed by atoms with Crippen molar-refractivity contribution in [3.63, 3.8) is 0 Å². The zero-order chi connectivity index (χ0) is 19.2. The van der Waals surface area contributed by atoms with E-state index in [0.717, 1.165) is 13.0 Å². The van der Waals surface area contributed by atoms with Gasteiger partial charge in [-0.3, -0.25) is 4.99 Å². The first-order valence-corrected chi connectivity index (χ1v) is 9.67. The van der Waals surface area contributed by atoms with Gasteiger partial charge in [0.05, 0.1) is 6.33 Å². The summed E-state index contributed by atoms with van der Waals surface area (Å²) in [4.78, 5) is 8.04. The van der Waals surface area contributed by atoms with Crippen LogP contribution in [0.4, 0.5) is 13.2 Å². The predicted molar refractivity (Wildman–Crippen MR) is 90.9 cm³/mol. The van der Waals surface area contributed by atoms with Crippen molar-refractivity contribution in [2.45, 2.75) is 37.4 Å². The van der Waals surface area contributed by atoms with Gasteiger partial charge in [-0.2, -0.15) is 17.5 Å². The highest BCUT2D eigenvalue weighted by molar-refractivity contribution is 7.90. The number of sulfonamides is 1. The number of halogens is 3. The largest absolute Gasteiger partial charge is 0.511 e. The molecule has 148 valence electrons. The summed E-state index contributed by atoms with van der Waals surface area (Å²) in [6.07, 6.45) is 6.72. The summed E-state index contributed by atoms with van der Waals surface area (Å²) in [7, 11) is -3.64. The molecule has 0 atom stereocenters. The van der Waals surface area contributed by atoms with Gasteiger partial charge in [-0.15, -0.1) is 0 Å². The van der Waals surface area contributed by atoms with Gasteiger partial charge in [0.25, 0.3) is 0 Å². The summed E-state index contributed by atoms with van der Waals surface area (Å²) in [6, 6.07) is -0.130. The number of hydrogen-bond acceptors (Lipinski definition) is 4. The van der Waals surface area contributed by atoms with E-state index in [1.165, 1.54) is 0 Å². The second-order valence-electron chi connectivity index (χ2n) is 5.92. The number of piperidine rings is 1. The lowest BCUT2D eigenvalue weighted by atomic mass is 10.1. The maximum absolute atomic E-state index is 12.6. The molecule has 1 aliphatic rings. The van der Waals surface area contributed by atoms with Crippen LogP contribution in [0.2, 0.25) is 0 Å². The van der Waals surface area contributed by atoms with Crippen LogP contribution in [0, 0.1) is 0 Å². The van der Waals surface area contributed by atoms with E-state index in [4.69, 9.17) is 0 Å². The molecule has 1 aromatic heterocycles. The summed E-state index contributed by atoms with van der Waals surface area (Å²) in [5.74, 6) is 0.549. The zero-order valence-electron chi connectivity index (χ0n) is 14.4. The molecule has 0 unspecified atom stereocenters. The van der Waals surface area contributed by atoms with Gasteiger partial charge in [-0.05, 0) is 19.3 Å². The number of aryl methyl sites for hydroxylation is 1. The van der Waals surface area contributed by atoms with Crippen molar-refractivity contribution in [3.05, 3.63) is 18.7 Å². The summed E-state index contributed by atoms with van der Waals surface area (Å²) in [5.41, 5.74) is -5.25. The molecule has 0 amide bonds. The predicted octanol–water partition coefficient (Wildman–Crippen LogP) is 0.752. The number of nitrogens with one attached hydrogen (secondary N) is 2. The molecule has 0 saturated carbocycles. The van der Waals surface area contributed by atoms with Crippen molar-refractivity contribution in [1.29, 1.82) is 0 Å². The highest BCUT2D eigenvalue weighted by atomic mass is 32.2. The van der Waals surface area contributed by atoms with Crippen LogP contribution in [0.25, 0.3) is 0 Å². The van der Waals surface area contributed by atoms with Crippen LogP contribution in [0.3, 0.4) is 0 Å². The highest BCUT2D eigenvalue weighted by Gasteiger charge is 2.50. The number of hydrogen-bond donors (Lipinski definition) is 2. The maximum Gasteiger partial charge on any atom is 0.511 e. The van der Waals surface area contributed by atoms with E-state index < -0.39 is 15.5 Å². The van der Waals surface area contributed by atoms with Gasteiger partial charge < -0.3 is 15.2 Å². The zero-order valence-corrected chi connectivity index (χ0v) is 15.2. The van der Waals surface area contributed by atoms with Crippen molar-refractivity contribution < 1.29 is 21.6 Å². The molecule has 0 aromatic carbocycles. The Morgan fingerprint density at radius 3 is 2.58 bits per heavy atom. The third-order valence-corrected chi connectivity index (χ3v) is 5.73. The molecule has 2 N–H and O–H groups in total. The lowest BCUT2D eigenvalue weighted by molar-refractivity contribution is -0.0494. The Labute approximate surface area is 150 Å². The van der Waals surface area contributed by atoms with Gasteiger partial charge >= 0.3 is 15.5 Å². The normalized spacial score (nSPS) is 18.1. The first-order valence-electron chi connectivity index (χ1n) is 8.23. The second-order valence-corrected chi connectivity index (χ2v) is 7.85. The summed E-state index contributed by atoms with van der Waals surface area (Å²) >= 11 is 0. The van der Waals surface area contributed by atoms with Crippen LogP contribution in [-0.4, -0.2) is 66.5 Å². The smallest absolute Gasteiger partial charge is 0.356 e. The van der Waals surface area contributed by atoms with Crippen molar-refractivity contribution in [1.82, 2.24) is 24.5 Å². The molecular formula is C14H23F3N6O2S. The average Bonchev–Trinajstić information content (AvgIpc) is 3.10. The van der Waals surface area contributed by atoms with Crippen LogP contribution in [-0.2, 0) is 16.6 Å². The molecule has 1 aromatic rings. The lowest BCUT2D eigenvalue weighted by Gasteiger charge is -2.32. The van der Waals surface area contributed by atoms with E-state index in [0.29, 0.717) is 16.8 Å². The van der Waals surface area contributed by atoms with E-state index in [9.17, 15) is 21.6 Å². The fraction of sp³-hybridized carbons (Fsp3) is 0.714. The van der Waals surface area contributed by atoms with Gasteiger partial charge in [-0.25, -0.2) is 13.4 Å². The Morgan fingerprint density at radius 2 is 2.04 bits per heavy atom. The molecule has 0 spiro atoms. The number of nitrogens with zero attached hydrogens (tertiary/aromatic N) is 4. The van der Waals surface area contributed by atoms with Crippen LogP contribution < -0.4 is 10.6 Å². The Hall–Kier alpha value is -1.82. The molecule has 0 bridgehead atoms. The van der Waals surface area contributed by atoms with Gasteiger partial charge in [0.1, 0.15) is 0 Å². The second kappa shape index (κ2) is 8.71. The van der Waals surface area contributed by atoms with Crippen LogP contribution in [0.1, 0.15) is 19.3 Å². The fourth-order valence-corrected chi connectivity index (χ4v) is 3.65. The monoisotopic (exact) mass is 396 g/mol. The number of imidazole rings is 1. The summed E-state index contributed by atoms with van der Waals surface area (Å²) < 4.78 is 63.0. The van der Waals surface area contributed by atoms with Gasteiger partial charge in [0.2, 0.25) is 0 Å². The van der Waals surface area contributed by atoms with E-state index in [-0.39, 0.29) is 32.0 Å². The summed E-state index contributed by atoms with van der Waals surface area (Å²) in [6.45, 7) is 1.13. The lowest BCUT2D eigenvalue weighted by Crippen LogP contribution is -2.51. The molecule has 2 rings (SSSR count). The topological polar surface area (TPSA) is 91.6 Å². The maximum atomic E-state index is 12.6. The minimum atomic E-state index is -5.25. The van der Waals surface area contributed by atoms with Gasteiger partial charge in [-0.1, -0.05) is 0 Å². The van der Waals surface area contributed by atoms with Crippen LogP contribution in [0.15, 0.2) is 23.7 Å². The molecule has 0 radical (unpaired) electrons. The highest BCUT2D eigenvalue weighted by Crippen LogP contribution is 2.28. The average molecular weight is 396 g/mol. The third kappa shape index (κ3) is 5.34. The van der Waals surface area contributed by atoms with Crippen LogP contribution >= 0.6 is 0 Å². The quantitative estimate of drug-likeness (QED) is 0.421. The van der Waals surface area contributed by atoms with E-state index >= 15 is 0 Å². The van der Waals surface area contributed by atoms with Gasteiger partial charge in [0, 0.05) is 51.7 Å². The number of aliphatic imine (C=N–C) groups is 1. The molecule has 26 heavy (non-hydrogen) atoms. The molecule has 1 fully saturated rings. The molecule has 0 aliphatic carbocycles.